The molecule has 2 aliphatic rings. The second-order valence-corrected chi connectivity index (χ2v) is 9.41. The van der Waals surface area contributed by atoms with Gasteiger partial charge in [0.15, 0.2) is 21.4 Å². The fourth-order valence-corrected chi connectivity index (χ4v) is 5.26. The number of nitrogens with zero attached hydrogens (tertiary/aromatic N) is 1. The minimum absolute atomic E-state index is 0.0241. The highest BCUT2D eigenvalue weighted by Gasteiger charge is 2.32. The lowest BCUT2D eigenvalue weighted by Gasteiger charge is -2.17. The van der Waals surface area contributed by atoms with Crippen molar-refractivity contribution in [2.75, 3.05) is 18.6 Å². The molecular weight excluding hydrogens is 394 g/mol. The van der Waals surface area contributed by atoms with E-state index in [1.165, 1.54) is 13.3 Å². The van der Waals surface area contributed by atoms with Crippen molar-refractivity contribution >= 4 is 26.6 Å². The van der Waals surface area contributed by atoms with Crippen LogP contribution in [0.25, 0.3) is 10.9 Å². The molecule has 10 heteroatoms. The lowest BCUT2D eigenvalue weighted by atomic mass is 10.1. The van der Waals surface area contributed by atoms with E-state index < -0.39 is 38.8 Å². The molecule has 2 heterocycles. The predicted octanol–water partition coefficient (Wildman–Crippen LogP) is 1.54. The van der Waals surface area contributed by atoms with Gasteiger partial charge in [0, 0.05) is 18.3 Å². The van der Waals surface area contributed by atoms with Gasteiger partial charge in [0.25, 0.3) is 5.91 Å². The Balaban J connectivity index is 1.84. The van der Waals surface area contributed by atoms with E-state index in [0.717, 1.165) is 18.9 Å². The zero-order valence-electron chi connectivity index (χ0n) is 15.0. The topological polar surface area (TPSA) is 94.5 Å². The van der Waals surface area contributed by atoms with Crippen molar-refractivity contribution in [3.63, 3.8) is 0 Å². The molecule has 1 aromatic heterocycles. The lowest BCUT2D eigenvalue weighted by molar-refractivity contribution is 0.0939. The number of ether oxygens (including phenoxy) is 1. The van der Waals surface area contributed by atoms with Crippen LogP contribution in [-0.2, 0) is 9.84 Å². The minimum atomic E-state index is -3.20. The third-order valence-electron chi connectivity index (χ3n) is 5.12. The van der Waals surface area contributed by atoms with E-state index in [-0.39, 0.29) is 46.2 Å². The van der Waals surface area contributed by atoms with Crippen LogP contribution < -0.4 is 15.5 Å². The summed E-state index contributed by atoms with van der Waals surface area (Å²) in [5.41, 5.74) is -0.895. The highest BCUT2D eigenvalue weighted by molar-refractivity contribution is 7.91. The maximum Gasteiger partial charge on any atom is 0.257 e. The van der Waals surface area contributed by atoms with Crippen LogP contribution in [0.15, 0.2) is 17.1 Å². The van der Waals surface area contributed by atoms with Crippen LogP contribution >= 0.6 is 0 Å². The molecule has 0 bridgehead atoms. The van der Waals surface area contributed by atoms with E-state index in [1.54, 1.807) is 4.57 Å². The number of amides is 1. The van der Waals surface area contributed by atoms with E-state index in [1.807, 2.05) is 0 Å². The monoisotopic (exact) mass is 412 g/mol. The largest absolute Gasteiger partial charge is 0.491 e. The molecule has 1 atom stereocenters. The highest BCUT2D eigenvalue weighted by Crippen LogP contribution is 2.40. The number of hydrogen-bond acceptors (Lipinski definition) is 5. The summed E-state index contributed by atoms with van der Waals surface area (Å²) >= 11 is 0. The van der Waals surface area contributed by atoms with Gasteiger partial charge in [-0.05, 0) is 25.3 Å². The van der Waals surface area contributed by atoms with E-state index in [0.29, 0.717) is 0 Å². The summed E-state index contributed by atoms with van der Waals surface area (Å²) in [4.78, 5) is 25.5. The Labute approximate surface area is 159 Å². The molecule has 2 aromatic rings. The molecule has 1 saturated heterocycles. The average Bonchev–Trinajstić information content (AvgIpc) is 3.41. The van der Waals surface area contributed by atoms with Crippen molar-refractivity contribution in [2.24, 2.45) is 0 Å². The Bertz CT molecular complexity index is 1160. The standard InChI is InChI=1S/C18H18F2N2O5S/c1-27-17-14(20)13(19)6-11-15(17)22(10-2-3-10)7-12(16(11)23)18(24)21-9-4-5-28(25,26)8-9/h6-7,9-10H,2-5,8H2,1H3,(H,21,24)/t9-/m1/s1. The van der Waals surface area contributed by atoms with Crippen LogP contribution in [0.5, 0.6) is 5.75 Å². The number of carbonyl (C=O) groups is 1. The molecule has 1 saturated carbocycles. The van der Waals surface area contributed by atoms with Crippen LogP contribution in [0, 0.1) is 11.6 Å². The SMILES string of the molecule is COc1c(F)c(F)cc2c(=O)c(C(=O)N[C@@H]3CCS(=O)(=O)C3)cn(C3CC3)c12. The van der Waals surface area contributed by atoms with Gasteiger partial charge < -0.3 is 14.6 Å². The maximum absolute atomic E-state index is 14.2. The summed E-state index contributed by atoms with van der Waals surface area (Å²) in [6, 6.07) is 0.132. The molecule has 1 aliphatic heterocycles. The number of sulfone groups is 1. The molecule has 1 aromatic carbocycles. The number of hydrogen-bond donors (Lipinski definition) is 1. The first-order valence-electron chi connectivity index (χ1n) is 8.84. The summed E-state index contributed by atoms with van der Waals surface area (Å²) < 4.78 is 57.9. The summed E-state index contributed by atoms with van der Waals surface area (Å²) in [6.07, 6.45) is 3.12. The molecule has 2 fully saturated rings. The Morgan fingerprint density at radius 1 is 1.29 bits per heavy atom. The predicted molar refractivity (Wildman–Crippen MR) is 97.5 cm³/mol. The summed E-state index contributed by atoms with van der Waals surface area (Å²) in [5, 5.41) is 2.41. The second kappa shape index (κ2) is 6.54. The maximum atomic E-state index is 14.2. The summed E-state index contributed by atoms with van der Waals surface area (Å²) in [5.74, 6) is -3.76. The molecule has 0 unspecified atom stereocenters. The number of benzene rings is 1. The van der Waals surface area contributed by atoms with Gasteiger partial charge in [-0.1, -0.05) is 0 Å². The van der Waals surface area contributed by atoms with Crippen molar-refractivity contribution in [1.82, 2.24) is 9.88 Å². The smallest absolute Gasteiger partial charge is 0.257 e. The molecular formula is C18H18F2N2O5S. The van der Waals surface area contributed by atoms with Crippen molar-refractivity contribution < 1.29 is 26.7 Å². The molecule has 28 heavy (non-hydrogen) atoms. The van der Waals surface area contributed by atoms with Gasteiger partial charge >= 0.3 is 0 Å². The third-order valence-corrected chi connectivity index (χ3v) is 6.89. The number of fused-ring (bicyclic) bond motifs is 1. The van der Waals surface area contributed by atoms with E-state index in [9.17, 15) is 26.8 Å². The van der Waals surface area contributed by atoms with Gasteiger partial charge in [0.05, 0.1) is 29.5 Å². The fraction of sp³-hybridized carbons (Fsp3) is 0.444. The number of halogens is 2. The van der Waals surface area contributed by atoms with Gasteiger partial charge in [0.1, 0.15) is 5.56 Å². The van der Waals surface area contributed by atoms with Crippen LogP contribution in [-0.4, -0.2) is 43.5 Å². The van der Waals surface area contributed by atoms with Gasteiger partial charge in [-0.25, -0.2) is 12.8 Å². The summed E-state index contributed by atoms with van der Waals surface area (Å²) in [7, 11) is -2.02. The molecule has 0 radical (unpaired) electrons. The van der Waals surface area contributed by atoms with Crippen molar-refractivity contribution in [3.05, 3.63) is 39.7 Å². The van der Waals surface area contributed by atoms with Gasteiger partial charge in [0.2, 0.25) is 11.2 Å². The van der Waals surface area contributed by atoms with Crippen LogP contribution in [0.2, 0.25) is 0 Å². The van der Waals surface area contributed by atoms with Gasteiger partial charge in [-0.15, -0.1) is 0 Å². The van der Waals surface area contributed by atoms with E-state index in [2.05, 4.69) is 5.32 Å². The number of carbonyl (C=O) groups excluding carboxylic acids is 1. The molecule has 7 nitrogen and oxygen atoms in total. The van der Waals surface area contributed by atoms with E-state index >= 15 is 0 Å². The minimum Gasteiger partial charge on any atom is -0.491 e. The molecule has 4 rings (SSSR count). The Kier molecular flexibility index (Phi) is 4.40. The number of aromatic nitrogens is 1. The molecule has 0 spiro atoms. The van der Waals surface area contributed by atoms with Crippen molar-refractivity contribution in [3.8, 4) is 5.75 Å². The Morgan fingerprint density at radius 2 is 2.00 bits per heavy atom. The number of pyridine rings is 1. The fourth-order valence-electron chi connectivity index (χ4n) is 3.59. The number of rotatable bonds is 4. The first-order valence-corrected chi connectivity index (χ1v) is 10.7. The quantitative estimate of drug-likeness (QED) is 0.822. The molecule has 1 N–H and O–H groups in total. The average molecular weight is 412 g/mol. The Hall–Kier alpha value is -2.49. The van der Waals surface area contributed by atoms with Gasteiger partial charge in [-0.3, -0.25) is 9.59 Å². The number of methoxy groups -OCH3 is 1. The zero-order chi connectivity index (χ0) is 20.2. The normalized spacial score (nSPS) is 21.0. The van der Waals surface area contributed by atoms with Crippen molar-refractivity contribution in [1.29, 1.82) is 0 Å². The lowest BCUT2D eigenvalue weighted by Crippen LogP contribution is -2.38. The zero-order valence-corrected chi connectivity index (χ0v) is 15.8. The molecule has 150 valence electrons. The van der Waals surface area contributed by atoms with Crippen LogP contribution in [0.3, 0.4) is 0 Å². The second-order valence-electron chi connectivity index (χ2n) is 7.19. The Morgan fingerprint density at radius 3 is 2.57 bits per heavy atom. The van der Waals surface area contributed by atoms with Gasteiger partial charge in [-0.2, -0.15) is 4.39 Å². The van der Waals surface area contributed by atoms with Crippen LogP contribution in [0.1, 0.15) is 35.7 Å². The molecule has 1 aliphatic carbocycles. The summed E-state index contributed by atoms with van der Waals surface area (Å²) in [6.45, 7) is 0. The van der Waals surface area contributed by atoms with Crippen LogP contribution in [0.4, 0.5) is 8.78 Å². The van der Waals surface area contributed by atoms with Crippen molar-refractivity contribution in [2.45, 2.75) is 31.3 Å². The first-order chi connectivity index (χ1) is 13.2. The third kappa shape index (κ3) is 3.15. The molecule has 1 amide bonds. The first kappa shape index (κ1) is 18.9. The number of nitrogens with one attached hydrogen (secondary N) is 1. The van der Waals surface area contributed by atoms with E-state index in [4.69, 9.17) is 4.74 Å². The highest BCUT2D eigenvalue weighted by atomic mass is 32.2.